The largest absolute Gasteiger partial charge is 0.416 e. The maximum Gasteiger partial charge on any atom is 0.416 e. The first-order chi connectivity index (χ1) is 8.76. The molecule has 0 spiro atoms. The van der Waals surface area contributed by atoms with Crippen LogP contribution < -0.4 is 5.73 Å². The lowest BCUT2D eigenvalue weighted by Gasteiger charge is -2.23. The molecule has 0 heterocycles. The summed E-state index contributed by atoms with van der Waals surface area (Å²) >= 11 is 0. The molecule has 0 radical (unpaired) electrons. The van der Waals surface area contributed by atoms with Crippen molar-refractivity contribution in [1.29, 1.82) is 0 Å². The molecule has 0 bridgehead atoms. The maximum absolute atomic E-state index is 12.6. The SMILES string of the molecule is CC(C)(C(N)=O)c1cc(C(F)(F)F)cc(C(F)(F)F)c1. The number of hydrogen-bond donors (Lipinski definition) is 1. The highest BCUT2D eigenvalue weighted by molar-refractivity contribution is 5.85. The molecule has 1 rings (SSSR count). The van der Waals surface area contributed by atoms with Crippen LogP contribution in [0.5, 0.6) is 0 Å². The van der Waals surface area contributed by atoms with Crippen molar-refractivity contribution in [3.8, 4) is 0 Å². The van der Waals surface area contributed by atoms with Gasteiger partial charge in [0.15, 0.2) is 0 Å². The third-order valence-electron chi connectivity index (χ3n) is 2.93. The van der Waals surface area contributed by atoms with Crippen molar-refractivity contribution in [3.05, 3.63) is 34.9 Å². The van der Waals surface area contributed by atoms with Gasteiger partial charge >= 0.3 is 12.4 Å². The van der Waals surface area contributed by atoms with Crippen LogP contribution in [-0.4, -0.2) is 5.91 Å². The number of rotatable bonds is 2. The summed E-state index contributed by atoms with van der Waals surface area (Å²) in [6.07, 6.45) is -9.91. The van der Waals surface area contributed by atoms with Crippen LogP contribution in [0.1, 0.15) is 30.5 Å². The maximum atomic E-state index is 12.6. The quantitative estimate of drug-likeness (QED) is 0.835. The van der Waals surface area contributed by atoms with E-state index >= 15 is 0 Å². The van der Waals surface area contributed by atoms with Gasteiger partial charge in [-0.15, -0.1) is 0 Å². The molecule has 0 unspecified atom stereocenters. The van der Waals surface area contributed by atoms with E-state index in [1.165, 1.54) is 0 Å². The molecule has 2 N–H and O–H groups in total. The van der Waals surface area contributed by atoms with Crippen LogP contribution in [-0.2, 0) is 22.6 Å². The Balaban J connectivity index is 3.59. The van der Waals surface area contributed by atoms with Gasteiger partial charge in [0.1, 0.15) is 0 Å². The van der Waals surface area contributed by atoms with Crippen molar-refractivity contribution < 1.29 is 31.1 Å². The van der Waals surface area contributed by atoms with Crippen LogP contribution in [0.2, 0.25) is 0 Å². The van der Waals surface area contributed by atoms with Gasteiger partial charge in [0, 0.05) is 0 Å². The monoisotopic (exact) mass is 299 g/mol. The standard InChI is InChI=1S/C12H11F6NO/c1-10(2,9(19)20)6-3-7(11(13,14)15)5-8(4-6)12(16,17)18/h3-5H,1-2H3,(H2,19,20). The fourth-order valence-corrected chi connectivity index (χ4v) is 1.46. The number of primary amides is 1. The number of benzene rings is 1. The lowest BCUT2D eigenvalue weighted by Crippen LogP contribution is -2.36. The van der Waals surface area contributed by atoms with E-state index in [4.69, 9.17) is 5.73 Å². The molecule has 0 saturated heterocycles. The van der Waals surface area contributed by atoms with Crippen molar-refractivity contribution in [2.75, 3.05) is 0 Å². The summed E-state index contributed by atoms with van der Waals surface area (Å²) < 4.78 is 75.9. The molecule has 0 fully saturated rings. The average molecular weight is 299 g/mol. The first-order valence-electron chi connectivity index (χ1n) is 5.36. The molecule has 2 nitrogen and oxygen atoms in total. The molecule has 1 aromatic rings. The van der Waals surface area contributed by atoms with Crippen LogP contribution in [0.4, 0.5) is 26.3 Å². The first-order valence-corrected chi connectivity index (χ1v) is 5.36. The third-order valence-corrected chi connectivity index (χ3v) is 2.93. The molecule has 0 atom stereocenters. The Labute approximate surface area is 110 Å². The lowest BCUT2D eigenvalue weighted by molar-refractivity contribution is -0.143. The molecular weight excluding hydrogens is 288 g/mol. The Morgan fingerprint density at radius 2 is 1.15 bits per heavy atom. The van der Waals surface area contributed by atoms with E-state index in [-0.39, 0.29) is 6.07 Å². The van der Waals surface area contributed by atoms with Gasteiger partial charge in [-0.05, 0) is 37.6 Å². The highest BCUT2D eigenvalue weighted by Crippen LogP contribution is 2.38. The Morgan fingerprint density at radius 3 is 1.40 bits per heavy atom. The minimum absolute atomic E-state index is 0.000569. The van der Waals surface area contributed by atoms with Gasteiger partial charge in [-0.1, -0.05) is 0 Å². The number of carbonyl (C=O) groups is 1. The highest BCUT2D eigenvalue weighted by Gasteiger charge is 2.39. The van der Waals surface area contributed by atoms with E-state index in [9.17, 15) is 31.1 Å². The smallest absolute Gasteiger partial charge is 0.369 e. The zero-order valence-corrected chi connectivity index (χ0v) is 10.5. The molecule has 0 aliphatic carbocycles. The van der Waals surface area contributed by atoms with Crippen molar-refractivity contribution in [1.82, 2.24) is 0 Å². The number of halogens is 6. The first kappa shape index (κ1) is 16.3. The van der Waals surface area contributed by atoms with E-state index in [1.807, 2.05) is 0 Å². The number of amides is 1. The summed E-state index contributed by atoms with van der Waals surface area (Å²) in [5.41, 5.74) is -0.0209. The van der Waals surface area contributed by atoms with Gasteiger partial charge in [-0.2, -0.15) is 26.3 Å². The number of hydrogen-bond acceptors (Lipinski definition) is 1. The molecule has 20 heavy (non-hydrogen) atoms. The second-order valence-electron chi connectivity index (χ2n) is 4.78. The number of alkyl halides is 6. The zero-order valence-electron chi connectivity index (χ0n) is 10.5. The summed E-state index contributed by atoms with van der Waals surface area (Å²) in [6.45, 7) is 2.32. The van der Waals surface area contributed by atoms with Crippen molar-refractivity contribution in [2.45, 2.75) is 31.6 Å². The molecule has 112 valence electrons. The van der Waals surface area contributed by atoms with Crippen molar-refractivity contribution >= 4 is 5.91 Å². The van der Waals surface area contributed by atoms with E-state index in [2.05, 4.69) is 0 Å². The zero-order chi connectivity index (χ0) is 15.9. The second kappa shape index (κ2) is 4.68. The van der Waals surface area contributed by atoms with E-state index in [1.54, 1.807) is 0 Å². The van der Waals surface area contributed by atoms with Crippen LogP contribution >= 0.6 is 0 Å². The molecular formula is C12H11F6NO. The molecule has 1 amide bonds. The fourth-order valence-electron chi connectivity index (χ4n) is 1.46. The summed E-state index contributed by atoms with van der Waals surface area (Å²) in [6, 6.07) is 1.00. The highest BCUT2D eigenvalue weighted by atomic mass is 19.4. The van der Waals surface area contributed by atoms with Crippen LogP contribution in [0.3, 0.4) is 0 Å². The molecule has 8 heteroatoms. The summed E-state index contributed by atoms with van der Waals surface area (Å²) in [5.74, 6) is -1.02. The summed E-state index contributed by atoms with van der Waals surface area (Å²) in [7, 11) is 0. The predicted octanol–water partition coefficient (Wildman–Crippen LogP) is 3.49. The Bertz CT molecular complexity index is 497. The summed E-state index contributed by atoms with van der Waals surface area (Å²) in [4.78, 5) is 11.2. The molecule has 0 aromatic heterocycles. The van der Waals surface area contributed by atoms with Gasteiger partial charge in [-0.3, -0.25) is 4.79 Å². The van der Waals surface area contributed by atoms with E-state index in [0.29, 0.717) is 12.1 Å². The van der Waals surface area contributed by atoms with Crippen molar-refractivity contribution in [2.24, 2.45) is 5.73 Å². The predicted molar refractivity (Wildman–Crippen MR) is 58.7 cm³/mol. The van der Waals surface area contributed by atoms with Gasteiger partial charge in [-0.25, -0.2) is 0 Å². The Kier molecular flexibility index (Phi) is 3.82. The lowest BCUT2D eigenvalue weighted by atomic mass is 9.82. The van der Waals surface area contributed by atoms with Gasteiger partial charge in [0.05, 0.1) is 16.5 Å². The Hall–Kier alpha value is -1.73. The van der Waals surface area contributed by atoms with Gasteiger partial charge in [0.25, 0.3) is 0 Å². The molecule has 1 aromatic carbocycles. The summed E-state index contributed by atoms with van der Waals surface area (Å²) in [5, 5.41) is 0. The number of carbonyl (C=O) groups excluding carboxylic acids is 1. The molecule has 0 saturated carbocycles. The normalized spacial score (nSPS) is 13.4. The van der Waals surface area contributed by atoms with Crippen LogP contribution in [0.15, 0.2) is 18.2 Å². The fraction of sp³-hybridized carbons (Fsp3) is 0.417. The number of nitrogens with two attached hydrogens (primary N) is 1. The van der Waals surface area contributed by atoms with Gasteiger partial charge < -0.3 is 5.73 Å². The molecule has 0 aliphatic heterocycles. The Morgan fingerprint density at radius 1 is 0.850 bits per heavy atom. The van der Waals surface area contributed by atoms with E-state index in [0.717, 1.165) is 13.8 Å². The molecule has 0 aliphatic rings. The minimum atomic E-state index is -4.95. The second-order valence-corrected chi connectivity index (χ2v) is 4.78. The average Bonchev–Trinajstić information content (AvgIpc) is 2.25. The van der Waals surface area contributed by atoms with Crippen LogP contribution in [0.25, 0.3) is 0 Å². The van der Waals surface area contributed by atoms with Gasteiger partial charge in [0.2, 0.25) is 5.91 Å². The topological polar surface area (TPSA) is 43.1 Å². The third kappa shape index (κ3) is 3.23. The van der Waals surface area contributed by atoms with E-state index < -0.39 is 40.4 Å². The minimum Gasteiger partial charge on any atom is -0.369 e. The van der Waals surface area contributed by atoms with Crippen LogP contribution in [0, 0.1) is 0 Å². The van der Waals surface area contributed by atoms with Crippen molar-refractivity contribution in [3.63, 3.8) is 0 Å².